The molecule has 0 bridgehead atoms. The second-order valence-electron chi connectivity index (χ2n) is 4.93. The Morgan fingerprint density at radius 3 is 2.95 bits per heavy atom. The summed E-state index contributed by atoms with van der Waals surface area (Å²) in [5, 5.41) is 6.12. The molecule has 5 nitrogen and oxygen atoms in total. The number of piperazine rings is 1. The van der Waals surface area contributed by atoms with Crippen LogP contribution in [0.15, 0.2) is 16.5 Å². The van der Waals surface area contributed by atoms with E-state index in [9.17, 15) is 4.79 Å². The van der Waals surface area contributed by atoms with Crippen LogP contribution in [0, 0.1) is 6.92 Å². The van der Waals surface area contributed by atoms with Gasteiger partial charge in [0.15, 0.2) is 0 Å². The number of fused-ring (bicyclic) bond motifs is 1. The van der Waals surface area contributed by atoms with Crippen LogP contribution in [0.3, 0.4) is 0 Å². The average molecular weight is 278 g/mol. The highest BCUT2D eigenvalue weighted by molar-refractivity contribution is 7.16. The molecule has 2 aromatic heterocycles. The van der Waals surface area contributed by atoms with E-state index in [1.165, 1.54) is 11.3 Å². The predicted octanol–water partition coefficient (Wildman–Crippen LogP) is 0.672. The lowest BCUT2D eigenvalue weighted by atomic mass is 10.3. The van der Waals surface area contributed by atoms with Crippen molar-refractivity contribution in [2.24, 2.45) is 0 Å². The van der Waals surface area contributed by atoms with Crippen molar-refractivity contribution in [3.05, 3.63) is 27.6 Å². The fourth-order valence-corrected chi connectivity index (χ4v) is 3.33. The summed E-state index contributed by atoms with van der Waals surface area (Å²) in [6.07, 6.45) is 1.68. The van der Waals surface area contributed by atoms with Gasteiger partial charge in [-0.05, 0) is 17.9 Å². The molecular weight excluding hydrogens is 260 g/mol. The summed E-state index contributed by atoms with van der Waals surface area (Å²) in [6.45, 7) is 7.80. The van der Waals surface area contributed by atoms with Crippen molar-refractivity contribution >= 4 is 21.6 Å². The quantitative estimate of drug-likeness (QED) is 0.896. The van der Waals surface area contributed by atoms with Gasteiger partial charge in [-0.1, -0.05) is 0 Å². The molecule has 1 aliphatic heterocycles. The largest absolute Gasteiger partial charge is 0.314 e. The first-order chi connectivity index (χ1) is 9.25. The minimum absolute atomic E-state index is 0.0962. The minimum Gasteiger partial charge on any atom is -0.314 e. The van der Waals surface area contributed by atoms with E-state index < -0.39 is 0 Å². The van der Waals surface area contributed by atoms with Crippen LogP contribution in [0.5, 0.6) is 0 Å². The van der Waals surface area contributed by atoms with Gasteiger partial charge in [-0.2, -0.15) is 0 Å². The second-order valence-corrected chi connectivity index (χ2v) is 5.79. The van der Waals surface area contributed by atoms with Gasteiger partial charge >= 0.3 is 0 Å². The summed E-state index contributed by atoms with van der Waals surface area (Å²) in [5.41, 5.74) is 1.13. The molecule has 1 fully saturated rings. The number of aryl methyl sites for hydroxylation is 1. The number of thiophene rings is 1. The highest BCUT2D eigenvalue weighted by atomic mass is 32.1. The lowest BCUT2D eigenvalue weighted by molar-refractivity contribution is 0.231. The third-order valence-electron chi connectivity index (χ3n) is 3.61. The van der Waals surface area contributed by atoms with Crippen LogP contribution in [0.4, 0.5) is 0 Å². The molecule has 19 heavy (non-hydrogen) atoms. The van der Waals surface area contributed by atoms with Crippen LogP contribution in [-0.2, 0) is 6.54 Å². The molecule has 0 aromatic carbocycles. The molecule has 3 heterocycles. The summed E-state index contributed by atoms with van der Waals surface area (Å²) < 4.78 is 1.74. The van der Waals surface area contributed by atoms with Gasteiger partial charge in [0.2, 0.25) is 0 Å². The average Bonchev–Trinajstić information content (AvgIpc) is 2.82. The summed E-state index contributed by atoms with van der Waals surface area (Å²) in [4.78, 5) is 20.0. The molecule has 0 radical (unpaired) electrons. The molecule has 3 rings (SSSR count). The molecule has 0 unspecified atom stereocenters. The monoisotopic (exact) mass is 278 g/mol. The molecule has 1 N–H and O–H groups in total. The second kappa shape index (κ2) is 5.40. The number of aromatic nitrogens is 2. The van der Waals surface area contributed by atoms with Crippen LogP contribution in [0.25, 0.3) is 10.2 Å². The highest BCUT2D eigenvalue weighted by Crippen LogP contribution is 2.19. The Labute approximate surface area is 115 Å². The normalized spacial score (nSPS) is 17.1. The minimum atomic E-state index is 0.0962. The van der Waals surface area contributed by atoms with Crippen molar-refractivity contribution < 1.29 is 0 Å². The number of hydrogen-bond acceptors (Lipinski definition) is 5. The Hall–Kier alpha value is -1.24. The summed E-state index contributed by atoms with van der Waals surface area (Å²) in [5.74, 6) is 0. The first-order valence-corrected chi connectivity index (χ1v) is 7.50. The fourth-order valence-electron chi connectivity index (χ4n) is 2.45. The smallest absolute Gasteiger partial charge is 0.262 e. The van der Waals surface area contributed by atoms with Crippen molar-refractivity contribution in [3.63, 3.8) is 0 Å². The van der Waals surface area contributed by atoms with Crippen molar-refractivity contribution in [1.29, 1.82) is 0 Å². The molecule has 6 heteroatoms. The number of nitrogens with one attached hydrogen (secondary N) is 1. The molecule has 102 valence electrons. The maximum Gasteiger partial charge on any atom is 0.262 e. The van der Waals surface area contributed by atoms with Crippen LogP contribution < -0.4 is 10.9 Å². The van der Waals surface area contributed by atoms with Crippen molar-refractivity contribution in [2.45, 2.75) is 13.5 Å². The van der Waals surface area contributed by atoms with E-state index in [-0.39, 0.29) is 5.56 Å². The molecule has 2 aromatic rings. The number of rotatable bonds is 3. The van der Waals surface area contributed by atoms with E-state index in [2.05, 4.69) is 15.2 Å². The van der Waals surface area contributed by atoms with Crippen molar-refractivity contribution in [2.75, 3.05) is 32.7 Å². The molecule has 0 amide bonds. The van der Waals surface area contributed by atoms with Gasteiger partial charge in [0.1, 0.15) is 4.83 Å². The predicted molar refractivity (Wildman–Crippen MR) is 77.9 cm³/mol. The zero-order chi connectivity index (χ0) is 13.2. The van der Waals surface area contributed by atoms with E-state index in [4.69, 9.17) is 0 Å². The molecule has 1 saturated heterocycles. The topological polar surface area (TPSA) is 50.2 Å². The third kappa shape index (κ3) is 2.56. The van der Waals surface area contributed by atoms with Gasteiger partial charge in [0, 0.05) is 39.3 Å². The highest BCUT2D eigenvalue weighted by Gasteiger charge is 2.11. The lowest BCUT2D eigenvalue weighted by Crippen LogP contribution is -2.45. The first kappa shape index (κ1) is 12.8. The fraction of sp³-hybridized carbons (Fsp3) is 0.538. The molecular formula is C13H18N4OS. The Balaban J connectivity index is 1.79. The Kier molecular flexibility index (Phi) is 3.63. The van der Waals surface area contributed by atoms with E-state index in [1.807, 2.05) is 12.3 Å². The number of nitrogens with zero attached hydrogens (tertiary/aromatic N) is 3. The Morgan fingerprint density at radius 2 is 2.16 bits per heavy atom. The van der Waals surface area contributed by atoms with Crippen molar-refractivity contribution in [3.8, 4) is 0 Å². The molecule has 0 saturated carbocycles. The number of hydrogen-bond donors (Lipinski definition) is 1. The summed E-state index contributed by atoms with van der Waals surface area (Å²) in [6, 6.07) is 0. The van der Waals surface area contributed by atoms with Crippen LogP contribution in [-0.4, -0.2) is 47.2 Å². The first-order valence-electron chi connectivity index (χ1n) is 6.62. The van der Waals surface area contributed by atoms with Gasteiger partial charge in [0.25, 0.3) is 5.56 Å². The summed E-state index contributed by atoms with van der Waals surface area (Å²) in [7, 11) is 0. The standard InChI is InChI=1S/C13H18N4OS/c1-10-8-19-12-11(10)13(18)17(9-15-12)7-6-16-4-2-14-3-5-16/h8-9,14H,2-7H2,1H3. The zero-order valence-corrected chi connectivity index (χ0v) is 11.9. The molecule has 0 atom stereocenters. The van der Waals surface area contributed by atoms with Gasteiger partial charge in [0.05, 0.1) is 11.7 Å². The van der Waals surface area contributed by atoms with E-state index in [1.54, 1.807) is 10.9 Å². The van der Waals surface area contributed by atoms with Gasteiger partial charge in [-0.3, -0.25) is 14.3 Å². The van der Waals surface area contributed by atoms with Crippen molar-refractivity contribution in [1.82, 2.24) is 19.8 Å². The Bertz CT molecular complexity index is 627. The third-order valence-corrected chi connectivity index (χ3v) is 4.62. The SMILES string of the molecule is Cc1csc2ncn(CCN3CCNCC3)c(=O)c12. The van der Waals surface area contributed by atoms with Crippen LogP contribution >= 0.6 is 11.3 Å². The van der Waals surface area contributed by atoms with Gasteiger partial charge in [-0.15, -0.1) is 11.3 Å². The van der Waals surface area contributed by atoms with Crippen LogP contribution in [0.1, 0.15) is 5.56 Å². The molecule has 0 spiro atoms. The maximum atomic E-state index is 12.4. The zero-order valence-electron chi connectivity index (χ0n) is 11.1. The van der Waals surface area contributed by atoms with E-state index in [0.717, 1.165) is 55.0 Å². The van der Waals surface area contributed by atoms with E-state index in [0.29, 0.717) is 0 Å². The Morgan fingerprint density at radius 1 is 1.37 bits per heavy atom. The van der Waals surface area contributed by atoms with E-state index >= 15 is 0 Å². The summed E-state index contributed by atoms with van der Waals surface area (Å²) >= 11 is 1.54. The molecule has 0 aliphatic carbocycles. The molecule has 1 aliphatic rings. The maximum absolute atomic E-state index is 12.4. The van der Waals surface area contributed by atoms with Gasteiger partial charge in [-0.25, -0.2) is 4.98 Å². The van der Waals surface area contributed by atoms with Gasteiger partial charge < -0.3 is 5.32 Å². The van der Waals surface area contributed by atoms with Crippen LogP contribution in [0.2, 0.25) is 0 Å². The lowest BCUT2D eigenvalue weighted by Gasteiger charge is -2.27.